The van der Waals surface area contributed by atoms with Gasteiger partial charge in [0.05, 0.1) is 13.7 Å². The molecule has 1 heterocycles. The normalized spacial score (nSPS) is 33.1. The lowest BCUT2D eigenvalue weighted by Crippen LogP contribution is -2.57. The molecule has 10 heteroatoms. The number of ether oxygens (including phenoxy) is 2. The second-order valence-electron chi connectivity index (χ2n) is 4.81. The first kappa shape index (κ1) is 19.1. The van der Waals surface area contributed by atoms with Gasteiger partial charge in [-0.15, -0.1) is 11.8 Å². The number of nitrogens with one attached hydrogen (secondary N) is 1. The van der Waals surface area contributed by atoms with E-state index in [0.717, 1.165) is 11.8 Å². The van der Waals surface area contributed by atoms with Gasteiger partial charge in [0.1, 0.15) is 35.9 Å². The quantitative estimate of drug-likeness (QED) is 0.324. The lowest BCUT2D eigenvalue weighted by molar-refractivity contribution is -0.205. The van der Waals surface area contributed by atoms with E-state index in [9.17, 15) is 24.9 Å². The van der Waals surface area contributed by atoms with Crippen molar-refractivity contribution in [1.82, 2.24) is 5.32 Å². The van der Waals surface area contributed by atoms with Crippen LogP contribution in [0, 0.1) is 0 Å². The smallest absolute Gasteiger partial charge is 0.329 e. The van der Waals surface area contributed by atoms with Crippen molar-refractivity contribution >= 4 is 23.6 Å². The molecule has 0 aromatic rings. The highest BCUT2D eigenvalue weighted by Gasteiger charge is 2.43. The predicted octanol–water partition coefficient (Wildman–Crippen LogP) is -2.80. The van der Waals surface area contributed by atoms with Crippen molar-refractivity contribution < 1.29 is 39.5 Å². The topological polar surface area (TPSA) is 146 Å². The van der Waals surface area contributed by atoms with Gasteiger partial charge in [0, 0.05) is 12.7 Å². The van der Waals surface area contributed by atoms with Gasteiger partial charge < -0.3 is 35.2 Å². The molecule has 5 N–H and O–H groups in total. The van der Waals surface area contributed by atoms with E-state index in [1.54, 1.807) is 0 Å². The maximum absolute atomic E-state index is 11.6. The SMILES string of the molecule is COC(=O)[C@H](CS[C@@H]1O[C@H](CO)[C@@H](O)[C@H](O)[C@H]1O)NC(C)=O. The Balaban J connectivity index is 2.66. The van der Waals surface area contributed by atoms with Crippen molar-refractivity contribution in [3.8, 4) is 0 Å². The number of carbonyl (C=O) groups excluding carboxylic acids is 2. The molecule has 6 atom stereocenters. The van der Waals surface area contributed by atoms with E-state index in [4.69, 9.17) is 9.84 Å². The molecule has 1 aliphatic heterocycles. The zero-order valence-electron chi connectivity index (χ0n) is 12.2. The number of carbonyl (C=O) groups is 2. The zero-order chi connectivity index (χ0) is 16.9. The maximum atomic E-state index is 11.6. The summed E-state index contributed by atoms with van der Waals surface area (Å²) < 4.78 is 9.85. The fraction of sp³-hybridized carbons (Fsp3) is 0.833. The van der Waals surface area contributed by atoms with Gasteiger partial charge in [0.15, 0.2) is 0 Å². The Labute approximate surface area is 131 Å². The Bertz CT molecular complexity index is 393. The summed E-state index contributed by atoms with van der Waals surface area (Å²) in [6.07, 6.45) is -5.35. The molecule has 1 amide bonds. The van der Waals surface area contributed by atoms with Crippen molar-refractivity contribution in [2.45, 2.75) is 42.8 Å². The van der Waals surface area contributed by atoms with Crippen LogP contribution in [0.25, 0.3) is 0 Å². The Kier molecular flexibility index (Phi) is 7.53. The summed E-state index contributed by atoms with van der Waals surface area (Å²) in [4.78, 5) is 22.6. The molecule has 128 valence electrons. The summed E-state index contributed by atoms with van der Waals surface area (Å²) in [5.41, 5.74) is -0.975. The van der Waals surface area contributed by atoms with Crippen LogP contribution >= 0.6 is 11.8 Å². The Morgan fingerprint density at radius 3 is 2.41 bits per heavy atom. The van der Waals surface area contributed by atoms with Crippen LogP contribution in [0.5, 0.6) is 0 Å². The van der Waals surface area contributed by atoms with E-state index < -0.39 is 54.4 Å². The highest BCUT2D eigenvalue weighted by atomic mass is 32.2. The Morgan fingerprint density at radius 2 is 1.91 bits per heavy atom. The van der Waals surface area contributed by atoms with Gasteiger partial charge in [0.25, 0.3) is 0 Å². The predicted molar refractivity (Wildman–Crippen MR) is 75.8 cm³/mol. The van der Waals surface area contributed by atoms with Crippen LogP contribution in [0.4, 0.5) is 0 Å². The minimum Gasteiger partial charge on any atom is -0.467 e. The van der Waals surface area contributed by atoms with E-state index in [1.807, 2.05) is 0 Å². The molecule has 0 aliphatic carbocycles. The van der Waals surface area contributed by atoms with E-state index in [1.165, 1.54) is 14.0 Å². The number of hydrogen-bond donors (Lipinski definition) is 5. The monoisotopic (exact) mass is 339 g/mol. The molecule has 0 aromatic carbocycles. The van der Waals surface area contributed by atoms with Gasteiger partial charge in [-0.3, -0.25) is 4.79 Å². The molecule has 1 rings (SSSR count). The van der Waals surface area contributed by atoms with Crippen LogP contribution in [0.15, 0.2) is 0 Å². The van der Waals surface area contributed by atoms with Crippen molar-refractivity contribution in [2.24, 2.45) is 0 Å². The van der Waals surface area contributed by atoms with Gasteiger partial charge in [-0.05, 0) is 0 Å². The first-order chi connectivity index (χ1) is 10.3. The van der Waals surface area contributed by atoms with Gasteiger partial charge in [-0.1, -0.05) is 0 Å². The first-order valence-corrected chi connectivity index (χ1v) is 7.63. The summed E-state index contributed by atoms with van der Waals surface area (Å²) in [5.74, 6) is -1.06. The summed E-state index contributed by atoms with van der Waals surface area (Å²) in [5, 5.41) is 40.7. The van der Waals surface area contributed by atoms with E-state index >= 15 is 0 Å². The van der Waals surface area contributed by atoms with Crippen LogP contribution in [0.2, 0.25) is 0 Å². The third-order valence-electron chi connectivity index (χ3n) is 3.14. The Morgan fingerprint density at radius 1 is 1.27 bits per heavy atom. The molecule has 0 aromatic heterocycles. The summed E-state index contributed by atoms with van der Waals surface area (Å²) in [6.45, 7) is 0.711. The van der Waals surface area contributed by atoms with E-state index in [-0.39, 0.29) is 5.75 Å². The number of hydrogen-bond acceptors (Lipinski definition) is 9. The molecule has 9 nitrogen and oxygen atoms in total. The average molecular weight is 339 g/mol. The van der Waals surface area contributed by atoms with Crippen molar-refractivity contribution in [2.75, 3.05) is 19.5 Å². The van der Waals surface area contributed by atoms with Crippen molar-refractivity contribution in [1.29, 1.82) is 0 Å². The first-order valence-electron chi connectivity index (χ1n) is 6.58. The van der Waals surface area contributed by atoms with Gasteiger partial charge >= 0.3 is 5.97 Å². The second-order valence-corrected chi connectivity index (χ2v) is 5.94. The van der Waals surface area contributed by atoms with Crippen LogP contribution in [-0.4, -0.2) is 87.7 Å². The molecule has 1 saturated heterocycles. The molecule has 0 unspecified atom stereocenters. The number of aliphatic hydroxyl groups is 4. The molecule has 0 saturated carbocycles. The highest BCUT2D eigenvalue weighted by molar-refractivity contribution is 7.99. The number of rotatable bonds is 6. The number of amides is 1. The molecule has 1 aliphatic rings. The van der Waals surface area contributed by atoms with Gasteiger partial charge in [0.2, 0.25) is 5.91 Å². The molecular formula is C12H21NO8S. The zero-order valence-corrected chi connectivity index (χ0v) is 13.0. The summed E-state index contributed by atoms with van der Waals surface area (Å²) in [7, 11) is 1.18. The van der Waals surface area contributed by atoms with E-state index in [2.05, 4.69) is 10.1 Å². The maximum Gasteiger partial charge on any atom is 0.329 e. The average Bonchev–Trinajstić information content (AvgIpc) is 2.49. The standard InChI is InChI=1S/C12H21NO8S/c1-5(15)13-6(11(19)20-2)4-22-12-10(18)9(17)8(16)7(3-14)21-12/h6-10,12,14,16-18H,3-4H2,1-2H3,(H,13,15)/t6-,7+,8+,9-,10+,12-/m0/s1. The fourth-order valence-corrected chi connectivity index (χ4v) is 3.13. The Hall–Kier alpha value is -0.910. The van der Waals surface area contributed by atoms with Crippen molar-refractivity contribution in [3.05, 3.63) is 0 Å². The van der Waals surface area contributed by atoms with Crippen LogP contribution in [-0.2, 0) is 19.1 Å². The minimum atomic E-state index is -1.49. The molecular weight excluding hydrogens is 318 g/mol. The number of methoxy groups -OCH3 is 1. The van der Waals surface area contributed by atoms with Gasteiger partial charge in [-0.25, -0.2) is 4.79 Å². The van der Waals surface area contributed by atoms with Crippen molar-refractivity contribution in [3.63, 3.8) is 0 Å². The summed E-state index contributed by atoms with van der Waals surface area (Å²) in [6, 6.07) is -0.945. The number of esters is 1. The molecule has 0 radical (unpaired) electrons. The molecule has 22 heavy (non-hydrogen) atoms. The van der Waals surface area contributed by atoms with E-state index in [0.29, 0.717) is 0 Å². The number of thioether (sulfide) groups is 1. The largest absolute Gasteiger partial charge is 0.467 e. The second kappa shape index (κ2) is 8.65. The third-order valence-corrected chi connectivity index (χ3v) is 4.38. The fourth-order valence-electron chi connectivity index (χ4n) is 1.95. The molecule has 0 spiro atoms. The van der Waals surface area contributed by atoms with Gasteiger partial charge in [-0.2, -0.15) is 0 Å². The lowest BCUT2D eigenvalue weighted by Gasteiger charge is -2.39. The van der Waals surface area contributed by atoms with Crippen LogP contribution in [0.1, 0.15) is 6.92 Å². The number of aliphatic hydroxyl groups excluding tert-OH is 4. The highest BCUT2D eigenvalue weighted by Crippen LogP contribution is 2.28. The minimum absolute atomic E-state index is 0.0228. The molecule has 0 bridgehead atoms. The van der Waals surface area contributed by atoms with Crippen LogP contribution in [0.3, 0.4) is 0 Å². The molecule has 1 fully saturated rings. The van der Waals surface area contributed by atoms with Crippen LogP contribution < -0.4 is 5.32 Å². The summed E-state index contributed by atoms with van der Waals surface area (Å²) >= 11 is 0.954. The lowest BCUT2D eigenvalue weighted by atomic mass is 10.0. The third kappa shape index (κ3) is 4.80.